The number of ether oxygens (including phenoxy) is 2. The highest BCUT2D eigenvalue weighted by Gasteiger charge is 2.25. The summed E-state index contributed by atoms with van der Waals surface area (Å²) in [7, 11) is -3.78. The second-order valence-electron chi connectivity index (χ2n) is 5.07. The molecule has 3 rings (SSSR count). The van der Waals surface area contributed by atoms with Crippen molar-refractivity contribution in [3.05, 3.63) is 29.2 Å². The highest BCUT2D eigenvalue weighted by Crippen LogP contribution is 2.36. The maximum atomic E-state index is 12.5. The summed E-state index contributed by atoms with van der Waals surface area (Å²) >= 11 is 0. The van der Waals surface area contributed by atoms with Crippen LogP contribution in [0.3, 0.4) is 0 Å². The lowest BCUT2D eigenvalue weighted by molar-refractivity contribution is 0.171. The Hall–Kier alpha value is -2.22. The predicted octanol–water partition coefficient (Wildman–Crippen LogP) is 2.17. The molecule has 0 saturated carbocycles. The van der Waals surface area contributed by atoms with Crippen LogP contribution in [0, 0.1) is 20.8 Å². The molecular formula is C14H16N2O5S. The summed E-state index contributed by atoms with van der Waals surface area (Å²) in [4.78, 5) is 0.0572. The smallest absolute Gasteiger partial charge is 0.267 e. The van der Waals surface area contributed by atoms with E-state index in [1.807, 2.05) is 0 Å². The van der Waals surface area contributed by atoms with Gasteiger partial charge >= 0.3 is 0 Å². The van der Waals surface area contributed by atoms with Crippen molar-refractivity contribution < 1.29 is 22.4 Å². The number of aryl methyl sites for hydroxylation is 3. The van der Waals surface area contributed by atoms with Gasteiger partial charge in [-0.15, -0.1) is 0 Å². The number of anilines is 1. The number of fused-ring (bicyclic) bond motifs is 1. The van der Waals surface area contributed by atoms with Gasteiger partial charge in [0.05, 0.1) is 5.69 Å². The molecular weight excluding hydrogens is 308 g/mol. The van der Waals surface area contributed by atoms with Gasteiger partial charge < -0.3 is 14.0 Å². The summed E-state index contributed by atoms with van der Waals surface area (Å²) in [6, 6.07) is 3.37. The number of sulfonamides is 1. The first-order valence-corrected chi connectivity index (χ1v) is 8.23. The number of nitrogens with one attached hydrogen (secondary N) is 1. The summed E-state index contributed by atoms with van der Waals surface area (Å²) in [5.41, 5.74) is 1.49. The first-order valence-electron chi connectivity index (χ1n) is 6.74. The number of hydrogen-bond acceptors (Lipinski definition) is 6. The first-order chi connectivity index (χ1) is 10.4. The lowest BCUT2D eigenvalue weighted by Crippen LogP contribution is -2.18. The number of nitrogens with zero attached hydrogens (tertiary/aromatic N) is 1. The standard InChI is InChI=1S/C14H16N2O5S/c1-8-6-12-13(20-5-4-19-12)7-11(8)16-22(17,18)14-9(2)15-21-10(14)3/h6-7,16H,4-5H2,1-3H3. The molecule has 0 bridgehead atoms. The molecule has 0 radical (unpaired) electrons. The SMILES string of the molecule is Cc1cc2c(cc1NS(=O)(=O)c1c(C)noc1C)OCCO2. The van der Waals surface area contributed by atoms with Crippen LogP contribution in [-0.4, -0.2) is 26.8 Å². The van der Waals surface area contributed by atoms with Crippen LogP contribution in [0.25, 0.3) is 0 Å². The zero-order valence-corrected chi connectivity index (χ0v) is 13.3. The topological polar surface area (TPSA) is 90.7 Å². The number of aromatic nitrogens is 1. The Morgan fingerprint density at radius 2 is 1.73 bits per heavy atom. The molecule has 1 aromatic heterocycles. The van der Waals surface area contributed by atoms with Gasteiger partial charge in [-0.3, -0.25) is 4.72 Å². The zero-order valence-electron chi connectivity index (χ0n) is 12.5. The Labute approximate surface area is 128 Å². The highest BCUT2D eigenvalue weighted by molar-refractivity contribution is 7.92. The van der Waals surface area contributed by atoms with Gasteiger partial charge in [-0.1, -0.05) is 5.16 Å². The Balaban J connectivity index is 1.99. The second kappa shape index (κ2) is 5.20. The fraction of sp³-hybridized carbons (Fsp3) is 0.357. The van der Waals surface area contributed by atoms with Crippen LogP contribution in [-0.2, 0) is 10.0 Å². The van der Waals surface area contributed by atoms with E-state index in [0.717, 1.165) is 5.56 Å². The number of benzene rings is 1. The molecule has 2 heterocycles. The molecule has 0 fully saturated rings. The molecule has 22 heavy (non-hydrogen) atoms. The third kappa shape index (κ3) is 2.50. The van der Waals surface area contributed by atoms with Gasteiger partial charge in [0, 0.05) is 6.07 Å². The second-order valence-corrected chi connectivity index (χ2v) is 6.69. The van der Waals surface area contributed by atoms with Crippen molar-refractivity contribution in [2.45, 2.75) is 25.7 Å². The molecule has 118 valence electrons. The van der Waals surface area contributed by atoms with Crippen molar-refractivity contribution >= 4 is 15.7 Å². The Bertz CT molecular complexity index is 806. The van der Waals surface area contributed by atoms with E-state index < -0.39 is 10.0 Å². The van der Waals surface area contributed by atoms with Crippen LogP contribution >= 0.6 is 0 Å². The monoisotopic (exact) mass is 324 g/mol. The summed E-state index contributed by atoms with van der Waals surface area (Å²) in [5.74, 6) is 1.39. The molecule has 1 aliphatic rings. The van der Waals surface area contributed by atoms with Gasteiger partial charge in [-0.05, 0) is 32.4 Å². The van der Waals surface area contributed by atoms with Gasteiger partial charge in [0.1, 0.15) is 18.9 Å². The quantitative estimate of drug-likeness (QED) is 0.930. The molecule has 1 aliphatic heterocycles. The minimum atomic E-state index is -3.78. The minimum Gasteiger partial charge on any atom is -0.486 e. The molecule has 0 amide bonds. The number of rotatable bonds is 3. The van der Waals surface area contributed by atoms with Crippen molar-refractivity contribution in [3.63, 3.8) is 0 Å². The molecule has 0 unspecified atom stereocenters. The van der Waals surface area contributed by atoms with Crippen molar-refractivity contribution in [2.24, 2.45) is 0 Å². The van der Waals surface area contributed by atoms with E-state index in [-0.39, 0.29) is 10.7 Å². The molecule has 0 saturated heterocycles. The largest absolute Gasteiger partial charge is 0.486 e. The van der Waals surface area contributed by atoms with Crippen LogP contribution in [0.2, 0.25) is 0 Å². The van der Waals surface area contributed by atoms with Gasteiger partial charge in [0.25, 0.3) is 10.0 Å². The molecule has 1 N–H and O–H groups in total. The molecule has 2 aromatic rings. The normalized spacial score (nSPS) is 14.0. The Kier molecular flexibility index (Phi) is 3.48. The van der Waals surface area contributed by atoms with E-state index >= 15 is 0 Å². The lowest BCUT2D eigenvalue weighted by Gasteiger charge is -2.20. The third-order valence-electron chi connectivity index (χ3n) is 3.37. The van der Waals surface area contributed by atoms with E-state index in [4.69, 9.17) is 14.0 Å². The average Bonchev–Trinajstić information content (AvgIpc) is 2.79. The van der Waals surface area contributed by atoms with Gasteiger partial charge in [0.15, 0.2) is 22.2 Å². The molecule has 7 nitrogen and oxygen atoms in total. The zero-order chi connectivity index (χ0) is 15.9. The third-order valence-corrected chi connectivity index (χ3v) is 4.98. The van der Waals surface area contributed by atoms with Crippen molar-refractivity contribution in [1.29, 1.82) is 0 Å². The Morgan fingerprint density at radius 1 is 1.09 bits per heavy atom. The van der Waals surface area contributed by atoms with Crippen LogP contribution in [0.1, 0.15) is 17.0 Å². The van der Waals surface area contributed by atoms with Crippen LogP contribution in [0.15, 0.2) is 21.6 Å². The van der Waals surface area contributed by atoms with Crippen LogP contribution in [0.4, 0.5) is 5.69 Å². The van der Waals surface area contributed by atoms with Crippen molar-refractivity contribution in [3.8, 4) is 11.5 Å². The summed E-state index contributed by atoms with van der Waals surface area (Å²) in [6.07, 6.45) is 0. The first kappa shape index (κ1) is 14.7. The van der Waals surface area contributed by atoms with Crippen LogP contribution < -0.4 is 14.2 Å². The maximum Gasteiger partial charge on any atom is 0.267 e. The van der Waals surface area contributed by atoms with Crippen LogP contribution in [0.5, 0.6) is 11.5 Å². The van der Waals surface area contributed by atoms with Gasteiger partial charge in [-0.2, -0.15) is 0 Å². The minimum absolute atomic E-state index is 0.0572. The average molecular weight is 324 g/mol. The van der Waals surface area contributed by atoms with Gasteiger partial charge in [0.2, 0.25) is 0 Å². The summed E-state index contributed by atoms with van der Waals surface area (Å²) in [5, 5.41) is 3.68. The van der Waals surface area contributed by atoms with E-state index in [9.17, 15) is 8.42 Å². The summed E-state index contributed by atoms with van der Waals surface area (Å²) in [6.45, 7) is 5.86. The van der Waals surface area contributed by atoms with Gasteiger partial charge in [-0.25, -0.2) is 8.42 Å². The lowest BCUT2D eigenvalue weighted by atomic mass is 10.2. The fourth-order valence-electron chi connectivity index (χ4n) is 2.35. The fourth-order valence-corrected chi connectivity index (χ4v) is 3.81. The van der Waals surface area contributed by atoms with E-state index in [1.165, 1.54) is 0 Å². The highest BCUT2D eigenvalue weighted by atomic mass is 32.2. The van der Waals surface area contributed by atoms with Crippen molar-refractivity contribution in [2.75, 3.05) is 17.9 Å². The summed E-state index contributed by atoms with van der Waals surface area (Å²) < 4.78 is 43.5. The molecule has 1 aromatic carbocycles. The van der Waals surface area contributed by atoms with Crippen molar-refractivity contribution in [1.82, 2.24) is 5.16 Å². The molecule has 0 spiro atoms. The molecule has 0 aliphatic carbocycles. The Morgan fingerprint density at radius 3 is 2.32 bits per heavy atom. The van der Waals surface area contributed by atoms with E-state index in [1.54, 1.807) is 32.9 Å². The number of hydrogen-bond donors (Lipinski definition) is 1. The van der Waals surface area contributed by atoms with E-state index in [2.05, 4.69) is 9.88 Å². The molecule has 8 heteroatoms. The predicted molar refractivity (Wildman–Crippen MR) is 79.0 cm³/mol. The van der Waals surface area contributed by atoms with E-state index in [0.29, 0.717) is 36.1 Å². The molecule has 0 atom stereocenters. The maximum absolute atomic E-state index is 12.5.